The van der Waals surface area contributed by atoms with Crippen LogP contribution in [0.5, 0.6) is 0 Å². The number of hydrogen-bond acceptors (Lipinski definition) is 5. The van der Waals surface area contributed by atoms with Crippen LogP contribution in [0, 0.1) is 0 Å². The average Bonchev–Trinajstić information content (AvgIpc) is 2.45. The summed E-state index contributed by atoms with van der Waals surface area (Å²) in [6.07, 6.45) is -0.0168. The first-order valence-corrected chi connectivity index (χ1v) is 6.83. The molecule has 4 N–H and O–H groups in total. The fraction of sp³-hybridized carbons (Fsp3) is 0.400. The van der Waals surface area contributed by atoms with Crippen LogP contribution >= 0.6 is 0 Å². The van der Waals surface area contributed by atoms with Gasteiger partial charge in [-0.05, 0) is 12.0 Å². The molecule has 0 fully saturated rings. The highest BCUT2D eigenvalue weighted by Crippen LogP contribution is 2.04. The lowest BCUT2D eigenvalue weighted by Gasteiger charge is -2.20. The Hall–Kier alpha value is -2.41. The van der Waals surface area contributed by atoms with Crippen LogP contribution in [0.2, 0.25) is 0 Å². The number of rotatable bonds is 8. The summed E-state index contributed by atoms with van der Waals surface area (Å²) in [6, 6.07) is 7.72. The normalized spacial score (nSPS) is 13.0. The van der Waals surface area contributed by atoms with Crippen molar-refractivity contribution in [2.75, 3.05) is 6.61 Å². The number of amides is 1. The monoisotopic (exact) mass is 308 g/mol. The van der Waals surface area contributed by atoms with Crippen molar-refractivity contribution in [1.82, 2.24) is 5.32 Å². The first kappa shape index (κ1) is 17.6. The van der Waals surface area contributed by atoms with Crippen molar-refractivity contribution in [1.29, 1.82) is 0 Å². The fourth-order valence-corrected chi connectivity index (χ4v) is 1.86. The molecule has 7 heteroatoms. The second-order valence-electron chi connectivity index (χ2n) is 4.90. The molecule has 1 amide bonds. The predicted molar refractivity (Wildman–Crippen MR) is 78.9 cm³/mol. The molecule has 0 saturated heterocycles. The smallest absolute Gasteiger partial charge is 0.305 e. The zero-order chi connectivity index (χ0) is 16.5. The van der Waals surface area contributed by atoms with Crippen molar-refractivity contribution in [3.63, 3.8) is 0 Å². The molecule has 7 nitrogen and oxygen atoms in total. The van der Waals surface area contributed by atoms with Crippen LogP contribution in [0.25, 0.3) is 0 Å². The quantitative estimate of drug-likeness (QED) is 0.585. The summed E-state index contributed by atoms with van der Waals surface area (Å²) in [6.45, 7) is 1.27. The zero-order valence-electron chi connectivity index (χ0n) is 12.3. The van der Waals surface area contributed by atoms with Gasteiger partial charge in [0.1, 0.15) is 6.61 Å². The molecule has 0 aliphatic heterocycles. The summed E-state index contributed by atoms with van der Waals surface area (Å²) >= 11 is 0. The molecule has 0 radical (unpaired) electrons. The first-order valence-electron chi connectivity index (χ1n) is 6.83. The Balaban J connectivity index is 2.66. The molecule has 0 bridgehead atoms. The highest BCUT2D eigenvalue weighted by atomic mass is 16.5. The van der Waals surface area contributed by atoms with Crippen molar-refractivity contribution in [2.24, 2.45) is 5.73 Å². The molecule has 2 atom stereocenters. The topological polar surface area (TPSA) is 119 Å². The summed E-state index contributed by atoms with van der Waals surface area (Å²) in [5, 5.41) is 11.3. The average molecular weight is 308 g/mol. The van der Waals surface area contributed by atoms with Crippen LogP contribution in [0.15, 0.2) is 30.3 Å². The SMILES string of the molecule is CC(=O)OC[C@H](Cc1ccccc1)NC(=O)[C@H](N)CC(=O)O. The van der Waals surface area contributed by atoms with Gasteiger partial charge in [0.05, 0.1) is 18.5 Å². The summed E-state index contributed by atoms with van der Waals surface area (Å²) in [5.74, 6) is -2.19. The van der Waals surface area contributed by atoms with Crippen molar-refractivity contribution in [3.05, 3.63) is 35.9 Å². The molecule has 22 heavy (non-hydrogen) atoms. The van der Waals surface area contributed by atoms with E-state index in [2.05, 4.69) is 5.32 Å². The Morgan fingerprint density at radius 2 is 1.91 bits per heavy atom. The molecule has 1 rings (SSSR count). The van der Waals surface area contributed by atoms with Gasteiger partial charge in [0.15, 0.2) is 0 Å². The predicted octanol–water partition coefficient (Wildman–Crippen LogP) is 0.0790. The Morgan fingerprint density at radius 3 is 2.45 bits per heavy atom. The Morgan fingerprint density at radius 1 is 1.27 bits per heavy atom. The van der Waals surface area contributed by atoms with E-state index in [4.69, 9.17) is 15.6 Å². The van der Waals surface area contributed by atoms with Gasteiger partial charge < -0.3 is 20.9 Å². The van der Waals surface area contributed by atoms with E-state index in [9.17, 15) is 14.4 Å². The molecular weight excluding hydrogens is 288 g/mol. The number of carboxylic acid groups (broad SMARTS) is 1. The van der Waals surface area contributed by atoms with E-state index in [0.29, 0.717) is 6.42 Å². The lowest BCUT2D eigenvalue weighted by atomic mass is 10.1. The number of ether oxygens (including phenoxy) is 1. The van der Waals surface area contributed by atoms with E-state index < -0.39 is 36.4 Å². The fourth-order valence-electron chi connectivity index (χ4n) is 1.86. The summed E-state index contributed by atoms with van der Waals surface area (Å²) in [7, 11) is 0. The summed E-state index contributed by atoms with van der Waals surface area (Å²) < 4.78 is 4.93. The summed E-state index contributed by atoms with van der Waals surface area (Å²) in [5.41, 5.74) is 6.47. The van der Waals surface area contributed by atoms with Gasteiger partial charge in [0, 0.05) is 6.92 Å². The van der Waals surface area contributed by atoms with Gasteiger partial charge in [-0.2, -0.15) is 0 Å². The highest BCUT2D eigenvalue weighted by Gasteiger charge is 2.21. The molecule has 1 aromatic carbocycles. The van der Waals surface area contributed by atoms with Crippen LogP contribution in [-0.4, -0.2) is 41.6 Å². The molecule has 0 saturated carbocycles. The van der Waals surface area contributed by atoms with Gasteiger partial charge in [0.25, 0.3) is 0 Å². The van der Waals surface area contributed by atoms with Crippen LogP contribution in [0.1, 0.15) is 18.9 Å². The van der Waals surface area contributed by atoms with E-state index in [-0.39, 0.29) is 6.61 Å². The third-order valence-electron chi connectivity index (χ3n) is 2.89. The second-order valence-corrected chi connectivity index (χ2v) is 4.90. The number of hydrogen-bond donors (Lipinski definition) is 3. The molecule has 0 spiro atoms. The number of esters is 1. The molecule has 0 heterocycles. The second kappa shape index (κ2) is 8.78. The van der Waals surface area contributed by atoms with Crippen LogP contribution < -0.4 is 11.1 Å². The maximum absolute atomic E-state index is 11.9. The first-order chi connectivity index (χ1) is 10.4. The maximum atomic E-state index is 11.9. The number of aliphatic carboxylic acids is 1. The van der Waals surface area contributed by atoms with Gasteiger partial charge in [-0.3, -0.25) is 14.4 Å². The molecule has 0 unspecified atom stereocenters. The van der Waals surface area contributed by atoms with E-state index in [1.807, 2.05) is 30.3 Å². The van der Waals surface area contributed by atoms with Crippen LogP contribution in [0.4, 0.5) is 0 Å². The third kappa shape index (κ3) is 6.85. The van der Waals surface area contributed by atoms with Crippen molar-refractivity contribution in [2.45, 2.75) is 31.8 Å². The maximum Gasteiger partial charge on any atom is 0.305 e. The molecule has 0 aliphatic rings. The minimum Gasteiger partial charge on any atom is -0.481 e. The van der Waals surface area contributed by atoms with Crippen LogP contribution in [-0.2, 0) is 25.5 Å². The molecule has 0 aliphatic carbocycles. The number of carbonyl (C=O) groups is 3. The van der Waals surface area contributed by atoms with Crippen molar-refractivity contribution >= 4 is 17.8 Å². The third-order valence-corrected chi connectivity index (χ3v) is 2.89. The van der Waals surface area contributed by atoms with Crippen LogP contribution in [0.3, 0.4) is 0 Å². The minimum absolute atomic E-state index is 0.00421. The number of carboxylic acids is 1. The van der Waals surface area contributed by atoms with Crippen molar-refractivity contribution in [3.8, 4) is 0 Å². The van der Waals surface area contributed by atoms with Crippen molar-refractivity contribution < 1.29 is 24.2 Å². The Labute approximate surface area is 128 Å². The standard InChI is InChI=1S/C15H20N2O5/c1-10(18)22-9-12(7-11-5-3-2-4-6-11)17-15(21)13(16)8-14(19)20/h2-6,12-13H,7-9,16H2,1H3,(H,17,21)(H,19,20)/t12-,13+/m0/s1. The number of carbonyl (C=O) groups excluding carboxylic acids is 2. The van der Waals surface area contributed by atoms with Gasteiger partial charge in [-0.1, -0.05) is 30.3 Å². The van der Waals surface area contributed by atoms with E-state index in [0.717, 1.165) is 5.56 Å². The van der Waals surface area contributed by atoms with E-state index in [1.165, 1.54) is 6.92 Å². The number of nitrogens with two attached hydrogens (primary N) is 1. The van der Waals surface area contributed by atoms with E-state index in [1.54, 1.807) is 0 Å². The van der Waals surface area contributed by atoms with Gasteiger partial charge >= 0.3 is 11.9 Å². The largest absolute Gasteiger partial charge is 0.481 e. The zero-order valence-corrected chi connectivity index (χ0v) is 12.3. The van der Waals surface area contributed by atoms with Gasteiger partial charge in [-0.25, -0.2) is 0 Å². The summed E-state index contributed by atoms with van der Waals surface area (Å²) in [4.78, 5) is 33.4. The molecule has 1 aromatic rings. The lowest BCUT2D eigenvalue weighted by molar-refractivity contribution is -0.142. The van der Waals surface area contributed by atoms with Gasteiger partial charge in [0.2, 0.25) is 5.91 Å². The number of benzene rings is 1. The Bertz CT molecular complexity index is 518. The highest BCUT2D eigenvalue weighted by molar-refractivity contribution is 5.86. The lowest BCUT2D eigenvalue weighted by Crippen LogP contribution is -2.48. The number of nitrogens with one attached hydrogen (secondary N) is 1. The van der Waals surface area contributed by atoms with E-state index >= 15 is 0 Å². The molecule has 0 aromatic heterocycles. The van der Waals surface area contributed by atoms with Gasteiger partial charge in [-0.15, -0.1) is 0 Å². The Kier molecular flexibility index (Phi) is 7.04. The minimum atomic E-state index is -1.15. The molecule has 120 valence electrons. The molecular formula is C15H20N2O5.